The minimum atomic E-state index is 0.113. The van der Waals surface area contributed by atoms with Crippen LogP contribution in [0.25, 0.3) is 0 Å². The van der Waals surface area contributed by atoms with E-state index in [1.807, 2.05) is 12.1 Å². The maximum Gasteiger partial charge on any atom is 0.0676 e. The number of nitrogens with zero attached hydrogens (tertiary/aromatic N) is 2. The van der Waals surface area contributed by atoms with Gasteiger partial charge in [0.05, 0.1) is 12.0 Å². The summed E-state index contributed by atoms with van der Waals surface area (Å²) < 4.78 is 0. The van der Waals surface area contributed by atoms with Crippen LogP contribution in [0.4, 0.5) is 0 Å². The van der Waals surface area contributed by atoms with Gasteiger partial charge in [0.1, 0.15) is 0 Å². The largest absolute Gasteiger partial charge is 0.315 e. The first kappa shape index (κ1) is 8.21. The van der Waals surface area contributed by atoms with Crippen LogP contribution < -0.4 is 5.32 Å². The fraction of sp³-hybridized carbons (Fsp3) is 0.400. The maximum atomic E-state index is 8.89. The molecule has 1 aromatic heterocycles. The second-order valence-corrected chi connectivity index (χ2v) is 3.28. The molecule has 1 aromatic rings. The molecule has 3 nitrogen and oxygen atoms in total. The summed E-state index contributed by atoms with van der Waals surface area (Å²) in [6.45, 7) is 1.71. The van der Waals surface area contributed by atoms with Crippen LogP contribution in [0, 0.1) is 17.2 Å². The van der Waals surface area contributed by atoms with Gasteiger partial charge in [0.25, 0.3) is 0 Å². The summed E-state index contributed by atoms with van der Waals surface area (Å²) in [4.78, 5) is 3.96. The first-order valence-corrected chi connectivity index (χ1v) is 4.42. The summed E-state index contributed by atoms with van der Waals surface area (Å²) in [5.74, 6) is 0.454. The van der Waals surface area contributed by atoms with Gasteiger partial charge in [-0.2, -0.15) is 5.26 Å². The zero-order valence-electron chi connectivity index (χ0n) is 7.27. The summed E-state index contributed by atoms with van der Waals surface area (Å²) in [7, 11) is 0. The molecule has 0 saturated carbocycles. The van der Waals surface area contributed by atoms with E-state index < -0.39 is 0 Å². The van der Waals surface area contributed by atoms with Crippen molar-refractivity contribution in [1.82, 2.24) is 10.3 Å². The summed E-state index contributed by atoms with van der Waals surface area (Å²) >= 11 is 0. The van der Waals surface area contributed by atoms with Gasteiger partial charge in [-0.3, -0.25) is 4.98 Å². The molecule has 2 atom stereocenters. The van der Waals surface area contributed by atoms with Gasteiger partial charge < -0.3 is 5.32 Å². The number of hydrogen-bond donors (Lipinski definition) is 1. The Morgan fingerprint density at radius 1 is 1.38 bits per heavy atom. The Balaban J connectivity index is 2.22. The third-order valence-electron chi connectivity index (χ3n) is 2.51. The lowest BCUT2D eigenvalue weighted by Crippen LogP contribution is -2.08. The predicted molar refractivity (Wildman–Crippen MR) is 49.0 cm³/mol. The lowest BCUT2D eigenvalue weighted by Gasteiger charge is -2.11. The van der Waals surface area contributed by atoms with Crippen LogP contribution in [0.5, 0.6) is 0 Å². The molecular formula is C10H11N3. The van der Waals surface area contributed by atoms with Crippen molar-refractivity contribution in [1.29, 1.82) is 5.26 Å². The van der Waals surface area contributed by atoms with Crippen LogP contribution in [-0.4, -0.2) is 18.1 Å². The van der Waals surface area contributed by atoms with E-state index >= 15 is 0 Å². The second-order valence-electron chi connectivity index (χ2n) is 3.28. The van der Waals surface area contributed by atoms with Gasteiger partial charge in [-0.15, -0.1) is 0 Å². The SMILES string of the molecule is N#C[C@@H]1CNC[C@H]1c1ccncc1. The molecule has 1 aliphatic heterocycles. The molecule has 1 aliphatic rings. The van der Waals surface area contributed by atoms with E-state index in [1.54, 1.807) is 12.4 Å². The highest BCUT2D eigenvalue weighted by Gasteiger charge is 2.27. The normalized spacial score (nSPS) is 27.0. The van der Waals surface area contributed by atoms with Gasteiger partial charge in [-0.1, -0.05) is 0 Å². The average Bonchev–Trinajstić information content (AvgIpc) is 2.67. The Morgan fingerprint density at radius 3 is 2.85 bits per heavy atom. The van der Waals surface area contributed by atoms with Gasteiger partial charge >= 0.3 is 0 Å². The van der Waals surface area contributed by atoms with E-state index in [0.29, 0.717) is 5.92 Å². The Morgan fingerprint density at radius 2 is 2.15 bits per heavy atom. The van der Waals surface area contributed by atoms with Crippen molar-refractivity contribution in [2.45, 2.75) is 5.92 Å². The molecule has 0 spiro atoms. The predicted octanol–water partition coefficient (Wildman–Crippen LogP) is 0.908. The van der Waals surface area contributed by atoms with Crippen molar-refractivity contribution in [3.8, 4) is 6.07 Å². The molecular weight excluding hydrogens is 162 g/mol. The van der Waals surface area contributed by atoms with Crippen molar-refractivity contribution >= 4 is 0 Å². The van der Waals surface area contributed by atoms with Gasteiger partial charge in [-0.25, -0.2) is 0 Å². The minimum Gasteiger partial charge on any atom is -0.315 e. The van der Waals surface area contributed by atoms with E-state index in [1.165, 1.54) is 5.56 Å². The highest BCUT2D eigenvalue weighted by Crippen LogP contribution is 2.26. The molecule has 3 heteroatoms. The zero-order chi connectivity index (χ0) is 9.10. The standard InChI is InChI=1S/C10H11N3/c11-5-9-6-13-7-10(9)8-1-3-12-4-2-8/h1-4,9-10,13H,6-7H2/t9-,10+/m1/s1. The van der Waals surface area contributed by atoms with Gasteiger partial charge in [0, 0.05) is 31.4 Å². The lowest BCUT2D eigenvalue weighted by atomic mass is 9.91. The highest BCUT2D eigenvalue weighted by molar-refractivity contribution is 5.21. The number of aromatic nitrogens is 1. The number of rotatable bonds is 1. The molecule has 2 heterocycles. The third-order valence-corrected chi connectivity index (χ3v) is 2.51. The van der Waals surface area contributed by atoms with E-state index in [-0.39, 0.29) is 5.92 Å². The summed E-state index contributed by atoms with van der Waals surface area (Å²) in [5.41, 5.74) is 1.21. The number of pyridine rings is 1. The summed E-state index contributed by atoms with van der Waals surface area (Å²) in [6.07, 6.45) is 3.56. The molecule has 13 heavy (non-hydrogen) atoms. The van der Waals surface area contributed by atoms with Crippen LogP contribution in [0.1, 0.15) is 11.5 Å². The van der Waals surface area contributed by atoms with E-state index in [2.05, 4.69) is 16.4 Å². The Labute approximate surface area is 77.4 Å². The van der Waals surface area contributed by atoms with Crippen LogP contribution in [-0.2, 0) is 0 Å². The van der Waals surface area contributed by atoms with Crippen LogP contribution in [0.15, 0.2) is 24.5 Å². The molecule has 0 aromatic carbocycles. The van der Waals surface area contributed by atoms with Gasteiger partial charge in [0.2, 0.25) is 0 Å². The Bertz CT molecular complexity index is 315. The minimum absolute atomic E-state index is 0.113. The average molecular weight is 173 g/mol. The zero-order valence-corrected chi connectivity index (χ0v) is 7.27. The molecule has 0 unspecified atom stereocenters. The number of nitriles is 1. The quantitative estimate of drug-likeness (QED) is 0.686. The molecule has 0 amide bonds. The van der Waals surface area contributed by atoms with Crippen molar-refractivity contribution in [3.63, 3.8) is 0 Å². The third kappa shape index (κ3) is 1.53. The van der Waals surface area contributed by atoms with Crippen molar-refractivity contribution in [2.75, 3.05) is 13.1 Å². The molecule has 0 bridgehead atoms. The topological polar surface area (TPSA) is 48.7 Å². The second kappa shape index (κ2) is 3.55. The molecule has 1 fully saturated rings. The van der Waals surface area contributed by atoms with Gasteiger partial charge in [0.15, 0.2) is 0 Å². The maximum absolute atomic E-state index is 8.89. The first-order valence-electron chi connectivity index (χ1n) is 4.42. The summed E-state index contributed by atoms with van der Waals surface area (Å²) in [6, 6.07) is 6.31. The molecule has 66 valence electrons. The Hall–Kier alpha value is -1.40. The van der Waals surface area contributed by atoms with E-state index in [4.69, 9.17) is 5.26 Å². The molecule has 1 N–H and O–H groups in total. The highest BCUT2D eigenvalue weighted by atomic mass is 14.9. The lowest BCUT2D eigenvalue weighted by molar-refractivity contribution is 0.646. The van der Waals surface area contributed by atoms with Crippen LogP contribution in [0.3, 0.4) is 0 Å². The monoisotopic (exact) mass is 173 g/mol. The smallest absolute Gasteiger partial charge is 0.0676 e. The number of nitrogens with one attached hydrogen (secondary N) is 1. The molecule has 1 saturated heterocycles. The number of hydrogen-bond acceptors (Lipinski definition) is 3. The van der Waals surface area contributed by atoms with E-state index in [0.717, 1.165) is 13.1 Å². The fourth-order valence-electron chi connectivity index (χ4n) is 1.78. The first-order chi connectivity index (χ1) is 6.42. The van der Waals surface area contributed by atoms with Crippen LogP contribution >= 0.6 is 0 Å². The van der Waals surface area contributed by atoms with Crippen molar-refractivity contribution < 1.29 is 0 Å². The Kier molecular flexibility index (Phi) is 2.24. The van der Waals surface area contributed by atoms with Gasteiger partial charge in [-0.05, 0) is 17.7 Å². The summed E-state index contributed by atoms with van der Waals surface area (Å²) in [5, 5.41) is 12.1. The van der Waals surface area contributed by atoms with Crippen molar-refractivity contribution in [3.05, 3.63) is 30.1 Å². The van der Waals surface area contributed by atoms with Crippen LogP contribution in [0.2, 0.25) is 0 Å². The molecule has 2 rings (SSSR count). The fourth-order valence-corrected chi connectivity index (χ4v) is 1.78. The molecule has 0 aliphatic carbocycles. The molecule has 0 radical (unpaired) electrons. The van der Waals surface area contributed by atoms with Crippen molar-refractivity contribution in [2.24, 2.45) is 5.92 Å². The van der Waals surface area contributed by atoms with E-state index in [9.17, 15) is 0 Å².